The van der Waals surface area contributed by atoms with Gasteiger partial charge in [0.15, 0.2) is 16.7 Å². The van der Waals surface area contributed by atoms with Gasteiger partial charge in [-0.2, -0.15) is 0 Å². The van der Waals surface area contributed by atoms with E-state index < -0.39 is 0 Å². The van der Waals surface area contributed by atoms with E-state index in [2.05, 4.69) is 9.97 Å². The SMILES string of the molecule is COc1ccc(CSc2nc3ccccc3[nH]2)cc1OC. The highest BCUT2D eigenvalue weighted by Gasteiger charge is 2.07. The number of nitrogens with one attached hydrogen (secondary N) is 1. The summed E-state index contributed by atoms with van der Waals surface area (Å²) in [6.45, 7) is 0. The lowest BCUT2D eigenvalue weighted by molar-refractivity contribution is 0.354. The number of H-pyrrole nitrogens is 1. The standard InChI is InChI=1S/C16H16N2O2S/c1-19-14-8-7-11(9-15(14)20-2)10-21-16-17-12-5-3-4-6-13(12)18-16/h3-9H,10H2,1-2H3,(H,17,18). The molecule has 2 aromatic carbocycles. The van der Waals surface area contributed by atoms with Crippen LogP contribution in [0.15, 0.2) is 47.6 Å². The van der Waals surface area contributed by atoms with E-state index in [1.165, 1.54) is 0 Å². The van der Waals surface area contributed by atoms with Crippen molar-refractivity contribution in [2.75, 3.05) is 14.2 Å². The van der Waals surface area contributed by atoms with Crippen LogP contribution in [0.5, 0.6) is 11.5 Å². The zero-order valence-corrected chi connectivity index (χ0v) is 12.7. The monoisotopic (exact) mass is 300 g/mol. The molecule has 0 unspecified atom stereocenters. The van der Waals surface area contributed by atoms with E-state index in [1.54, 1.807) is 26.0 Å². The van der Waals surface area contributed by atoms with Crippen LogP contribution in [0.2, 0.25) is 0 Å². The summed E-state index contributed by atoms with van der Waals surface area (Å²) < 4.78 is 10.6. The molecule has 0 aliphatic rings. The Morgan fingerprint density at radius 2 is 1.86 bits per heavy atom. The van der Waals surface area contributed by atoms with Gasteiger partial charge in [-0.15, -0.1) is 0 Å². The minimum atomic E-state index is 0.745. The van der Waals surface area contributed by atoms with E-state index in [-0.39, 0.29) is 0 Å². The van der Waals surface area contributed by atoms with Crippen molar-refractivity contribution in [3.8, 4) is 11.5 Å². The maximum atomic E-state index is 5.32. The fourth-order valence-corrected chi connectivity index (χ4v) is 2.95. The predicted molar refractivity (Wildman–Crippen MR) is 85.2 cm³/mol. The Morgan fingerprint density at radius 3 is 2.62 bits per heavy atom. The summed E-state index contributed by atoms with van der Waals surface area (Å²) in [5.74, 6) is 2.32. The molecule has 5 heteroatoms. The molecule has 1 N–H and O–H groups in total. The van der Waals surface area contributed by atoms with Crippen molar-refractivity contribution in [1.82, 2.24) is 9.97 Å². The molecular formula is C16H16N2O2S. The first-order valence-corrected chi connectivity index (χ1v) is 7.57. The van der Waals surface area contributed by atoms with Crippen LogP contribution in [0.3, 0.4) is 0 Å². The Kier molecular flexibility index (Phi) is 4.01. The van der Waals surface area contributed by atoms with Crippen LogP contribution < -0.4 is 9.47 Å². The molecule has 0 saturated carbocycles. The predicted octanol–water partition coefficient (Wildman–Crippen LogP) is 3.87. The number of imidazole rings is 1. The van der Waals surface area contributed by atoms with Gasteiger partial charge in [0.1, 0.15) is 0 Å². The van der Waals surface area contributed by atoms with Gasteiger partial charge in [0, 0.05) is 5.75 Å². The van der Waals surface area contributed by atoms with E-state index in [4.69, 9.17) is 9.47 Å². The van der Waals surface area contributed by atoms with Gasteiger partial charge in [-0.05, 0) is 29.8 Å². The average molecular weight is 300 g/mol. The average Bonchev–Trinajstić information content (AvgIpc) is 2.95. The Labute approximate surface area is 127 Å². The van der Waals surface area contributed by atoms with E-state index in [1.807, 2.05) is 42.5 Å². The van der Waals surface area contributed by atoms with Crippen molar-refractivity contribution in [2.45, 2.75) is 10.9 Å². The van der Waals surface area contributed by atoms with Crippen LogP contribution in [0.1, 0.15) is 5.56 Å². The first-order valence-electron chi connectivity index (χ1n) is 6.58. The third kappa shape index (κ3) is 2.97. The molecule has 0 aliphatic heterocycles. The third-order valence-electron chi connectivity index (χ3n) is 3.19. The maximum absolute atomic E-state index is 5.32. The number of rotatable bonds is 5. The molecular weight excluding hydrogens is 284 g/mol. The number of aromatic nitrogens is 2. The number of benzene rings is 2. The Bertz CT molecular complexity index is 722. The van der Waals surface area contributed by atoms with Gasteiger partial charge in [-0.25, -0.2) is 4.98 Å². The lowest BCUT2D eigenvalue weighted by atomic mass is 10.2. The third-order valence-corrected chi connectivity index (χ3v) is 4.14. The lowest BCUT2D eigenvalue weighted by Gasteiger charge is -2.08. The van der Waals surface area contributed by atoms with Crippen molar-refractivity contribution < 1.29 is 9.47 Å². The van der Waals surface area contributed by atoms with E-state index >= 15 is 0 Å². The van der Waals surface area contributed by atoms with Crippen LogP contribution in [0.4, 0.5) is 0 Å². The normalized spacial score (nSPS) is 10.8. The van der Waals surface area contributed by atoms with Gasteiger partial charge in [-0.1, -0.05) is 30.0 Å². The summed E-state index contributed by atoms with van der Waals surface area (Å²) in [7, 11) is 3.29. The molecule has 0 atom stereocenters. The van der Waals surface area contributed by atoms with E-state index in [0.717, 1.165) is 39.0 Å². The summed E-state index contributed by atoms with van der Waals surface area (Å²) in [6, 6.07) is 14.0. The van der Waals surface area contributed by atoms with Crippen molar-refractivity contribution in [2.24, 2.45) is 0 Å². The second-order valence-electron chi connectivity index (χ2n) is 4.54. The largest absolute Gasteiger partial charge is 0.493 e. The van der Waals surface area contributed by atoms with Gasteiger partial charge >= 0.3 is 0 Å². The number of aromatic amines is 1. The molecule has 108 valence electrons. The van der Waals surface area contributed by atoms with Crippen LogP contribution in [0.25, 0.3) is 11.0 Å². The summed E-state index contributed by atoms with van der Waals surface area (Å²) in [5, 5.41) is 0.922. The minimum absolute atomic E-state index is 0.745. The minimum Gasteiger partial charge on any atom is -0.493 e. The Morgan fingerprint density at radius 1 is 1.05 bits per heavy atom. The van der Waals surface area contributed by atoms with Gasteiger partial charge < -0.3 is 14.5 Å². The number of para-hydroxylation sites is 2. The fraction of sp³-hybridized carbons (Fsp3) is 0.188. The van der Waals surface area contributed by atoms with Crippen molar-refractivity contribution in [1.29, 1.82) is 0 Å². The molecule has 4 nitrogen and oxygen atoms in total. The summed E-state index contributed by atoms with van der Waals surface area (Å²) in [4.78, 5) is 7.87. The van der Waals surface area contributed by atoms with Crippen molar-refractivity contribution in [3.05, 3.63) is 48.0 Å². The maximum Gasteiger partial charge on any atom is 0.166 e. The molecule has 3 aromatic rings. The number of fused-ring (bicyclic) bond motifs is 1. The molecule has 21 heavy (non-hydrogen) atoms. The molecule has 0 radical (unpaired) electrons. The highest BCUT2D eigenvalue weighted by atomic mass is 32.2. The molecule has 0 aliphatic carbocycles. The molecule has 0 amide bonds. The van der Waals surface area contributed by atoms with Crippen LogP contribution >= 0.6 is 11.8 Å². The molecule has 0 fully saturated rings. The highest BCUT2D eigenvalue weighted by molar-refractivity contribution is 7.98. The second-order valence-corrected chi connectivity index (χ2v) is 5.50. The van der Waals surface area contributed by atoms with Gasteiger partial charge in [-0.3, -0.25) is 0 Å². The van der Waals surface area contributed by atoms with Gasteiger partial charge in [0.25, 0.3) is 0 Å². The smallest absolute Gasteiger partial charge is 0.166 e. The quantitative estimate of drug-likeness (QED) is 0.727. The fourth-order valence-electron chi connectivity index (χ4n) is 2.12. The van der Waals surface area contributed by atoms with Crippen LogP contribution in [-0.4, -0.2) is 24.2 Å². The number of nitrogens with zero attached hydrogens (tertiary/aromatic N) is 1. The molecule has 3 rings (SSSR count). The first kappa shape index (κ1) is 13.8. The highest BCUT2D eigenvalue weighted by Crippen LogP contribution is 2.30. The van der Waals surface area contributed by atoms with Crippen LogP contribution in [-0.2, 0) is 5.75 Å². The summed E-state index contributed by atoms with van der Waals surface area (Å²) in [6.07, 6.45) is 0. The Balaban J connectivity index is 1.75. The van der Waals surface area contributed by atoms with Crippen LogP contribution in [0, 0.1) is 0 Å². The molecule has 0 spiro atoms. The van der Waals surface area contributed by atoms with E-state index in [0.29, 0.717) is 0 Å². The topological polar surface area (TPSA) is 47.1 Å². The lowest BCUT2D eigenvalue weighted by Crippen LogP contribution is -1.92. The van der Waals surface area contributed by atoms with Crippen molar-refractivity contribution >= 4 is 22.8 Å². The molecule has 0 bridgehead atoms. The van der Waals surface area contributed by atoms with Gasteiger partial charge in [0.2, 0.25) is 0 Å². The second kappa shape index (κ2) is 6.10. The zero-order valence-electron chi connectivity index (χ0n) is 11.9. The molecule has 1 heterocycles. The zero-order chi connectivity index (χ0) is 14.7. The van der Waals surface area contributed by atoms with Crippen molar-refractivity contribution in [3.63, 3.8) is 0 Å². The Hall–Kier alpha value is -2.14. The summed E-state index contributed by atoms with van der Waals surface area (Å²) in [5.41, 5.74) is 3.22. The van der Waals surface area contributed by atoms with E-state index in [9.17, 15) is 0 Å². The first-order chi connectivity index (χ1) is 10.3. The number of thioether (sulfide) groups is 1. The molecule has 0 saturated heterocycles. The number of methoxy groups -OCH3 is 2. The summed E-state index contributed by atoms with van der Waals surface area (Å²) >= 11 is 1.67. The molecule has 1 aromatic heterocycles. The number of hydrogen-bond donors (Lipinski definition) is 1. The number of ether oxygens (including phenoxy) is 2. The van der Waals surface area contributed by atoms with Gasteiger partial charge in [0.05, 0.1) is 25.3 Å². The number of hydrogen-bond acceptors (Lipinski definition) is 4.